The van der Waals surface area contributed by atoms with Gasteiger partial charge in [-0.2, -0.15) is 0 Å². The van der Waals surface area contributed by atoms with E-state index in [0.717, 1.165) is 7.11 Å². The van der Waals surface area contributed by atoms with E-state index in [-0.39, 0.29) is 11.4 Å². The Hall–Kier alpha value is -2.77. The molecule has 23 heavy (non-hydrogen) atoms. The van der Waals surface area contributed by atoms with Gasteiger partial charge in [-0.1, -0.05) is 20.8 Å². The van der Waals surface area contributed by atoms with Crippen LogP contribution in [-0.2, 0) is 19.1 Å². The summed E-state index contributed by atoms with van der Waals surface area (Å²) in [6.07, 6.45) is 0. The summed E-state index contributed by atoms with van der Waals surface area (Å²) in [6, 6.07) is 5.03. The van der Waals surface area contributed by atoms with E-state index in [4.69, 9.17) is 0 Å². The van der Waals surface area contributed by atoms with Gasteiger partial charge in [0.15, 0.2) is 11.7 Å². The molecule has 8 heteroatoms. The molecule has 0 aliphatic carbocycles. The number of methoxy groups -OCH3 is 1. The summed E-state index contributed by atoms with van der Waals surface area (Å²) >= 11 is 0. The Balaban J connectivity index is 3.00. The third-order valence-corrected chi connectivity index (χ3v) is 3.05. The van der Waals surface area contributed by atoms with Gasteiger partial charge in [-0.05, 0) is 12.1 Å². The average Bonchev–Trinajstić information content (AvgIpc) is 2.46. The highest BCUT2D eigenvalue weighted by molar-refractivity contribution is 6.21. The molecule has 1 atom stereocenters. The molecule has 1 amide bonds. The maximum absolute atomic E-state index is 12.3. The molecule has 0 aliphatic rings. The van der Waals surface area contributed by atoms with Crippen molar-refractivity contribution in [3.05, 3.63) is 34.4 Å². The van der Waals surface area contributed by atoms with Crippen molar-refractivity contribution >= 4 is 29.0 Å². The van der Waals surface area contributed by atoms with E-state index in [2.05, 4.69) is 10.1 Å². The molecule has 1 N–H and O–H groups in total. The van der Waals surface area contributed by atoms with E-state index < -0.39 is 33.9 Å². The molecular formula is C15H18N2O6. The molecule has 0 heterocycles. The zero-order valence-corrected chi connectivity index (χ0v) is 13.3. The minimum atomic E-state index is -1.60. The lowest BCUT2D eigenvalue weighted by molar-refractivity contribution is -0.384. The number of Topliss-reactive ketones (excluding diaryl/α,β-unsaturated/α-hetero) is 1. The summed E-state index contributed by atoms with van der Waals surface area (Å²) < 4.78 is 4.53. The molecular weight excluding hydrogens is 304 g/mol. The van der Waals surface area contributed by atoms with Crippen molar-refractivity contribution in [3.63, 3.8) is 0 Å². The number of nitrogens with zero attached hydrogens (tertiary/aromatic N) is 1. The van der Waals surface area contributed by atoms with Crippen molar-refractivity contribution in [1.82, 2.24) is 0 Å². The SMILES string of the molecule is COC(=O)C(C(=O)Nc1ccc([N+](=O)[O-])cc1)C(=O)C(C)(C)C. The number of amides is 1. The fourth-order valence-corrected chi connectivity index (χ4v) is 1.76. The number of non-ortho nitro benzene ring substituents is 1. The summed E-state index contributed by atoms with van der Waals surface area (Å²) in [5, 5.41) is 13.0. The van der Waals surface area contributed by atoms with Crippen molar-refractivity contribution in [3.8, 4) is 0 Å². The van der Waals surface area contributed by atoms with Crippen LogP contribution in [0.3, 0.4) is 0 Å². The van der Waals surface area contributed by atoms with Gasteiger partial charge in [-0.15, -0.1) is 0 Å². The van der Waals surface area contributed by atoms with Gasteiger partial charge in [0.05, 0.1) is 12.0 Å². The molecule has 1 unspecified atom stereocenters. The van der Waals surface area contributed by atoms with Crippen LogP contribution in [-0.4, -0.2) is 29.7 Å². The molecule has 0 radical (unpaired) electrons. The van der Waals surface area contributed by atoms with E-state index in [1.54, 1.807) is 20.8 Å². The number of hydrogen-bond acceptors (Lipinski definition) is 6. The number of rotatable bonds is 5. The van der Waals surface area contributed by atoms with Gasteiger partial charge in [-0.3, -0.25) is 24.5 Å². The Labute approximate surface area is 133 Å². The van der Waals surface area contributed by atoms with E-state index in [9.17, 15) is 24.5 Å². The van der Waals surface area contributed by atoms with Crippen LogP contribution in [0.25, 0.3) is 0 Å². The van der Waals surface area contributed by atoms with Gasteiger partial charge in [0, 0.05) is 23.2 Å². The summed E-state index contributed by atoms with van der Waals surface area (Å²) in [7, 11) is 1.09. The smallest absolute Gasteiger partial charge is 0.325 e. The Morgan fingerprint density at radius 3 is 2.09 bits per heavy atom. The molecule has 0 aliphatic heterocycles. The van der Waals surface area contributed by atoms with Crippen LogP contribution in [0.4, 0.5) is 11.4 Å². The van der Waals surface area contributed by atoms with Crippen molar-refractivity contribution in [2.45, 2.75) is 20.8 Å². The van der Waals surface area contributed by atoms with Crippen LogP contribution in [0.5, 0.6) is 0 Å². The second-order valence-electron chi connectivity index (χ2n) is 5.86. The van der Waals surface area contributed by atoms with Crippen molar-refractivity contribution in [2.24, 2.45) is 11.3 Å². The first-order valence-corrected chi connectivity index (χ1v) is 6.75. The first kappa shape index (κ1) is 18.3. The second kappa shape index (κ2) is 6.99. The second-order valence-corrected chi connectivity index (χ2v) is 5.86. The number of ketones is 1. The maximum Gasteiger partial charge on any atom is 0.325 e. The van der Waals surface area contributed by atoms with Crippen LogP contribution in [0.15, 0.2) is 24.3 Å². The summed E-state index contributed by atoms with van der Waals surface area (Å²) in [4.78, 5) is 46.3. The minimum absolute atomic E-state index is 0.140. The van der Waals surface area contributed by atoms with Crippen molar-refractivity contribution < 1.29 is 24.0 Å². The topological polar surface area (TPSA) is 116 Å². The van der Waals surface area contributed by atoms with Crippen LogP contribution in [0.1, 0.15) is 20.8 Å². The molecule has 0 fully saturated rings. The summed E-state index contributed by atoms with van der Waals surface area (Å²) in [6.45, 7) is 4.76. The molecule has 0 saturated carbocycles. The molecule has 0 aromatic heterocycles. The number of hydrogen-bond donors (Lipinski definition) is 1. The highest BCUT2D eigenvalue weighted by Gasteiger charge is 2.40. The molecule has 0 spiro atoms. The number of carbonyl (C=O) groups is 3. The lowest BCUT2D eigenvalue weighted by Gasteiger charge is -2.22. The third kappa shape index (κ3) is 4.60. The quantitative estimate of drug-likeness (QED) is 0.383. The zero-order valence-electron chi connectivity index (χ0n) is 13.3. The first-order chi connectivity index (χ1) is 10.6. The fraction of sp³-hybridized carbons (Fsp3) is 0.400. The van der Waals surface area contributed by atoms with Crippen LogP contribution >= 0.6 is 0 Å². The highest BCUT2D eigenvalue weighted by atomic mass is 16.6. The monoisotopic (exact) mass is 322 g/mol. The van der Waals surface area contributed by atoms with Crippen LogP contribution in [0.2, 0.25) is 0 Å². The van der Waals surface area contributed by atoms with Gasteiger partial charge in [-0.25, -0.2) is 0 Å². The number of carbonyl (C=O) groups excluding carboxylic acids is 3. The molecule has 0 bridgehead atoms. The van der Waals surface area contributed by atoms with Gasteiger partial charge < -0.3 is 10.1 Å². The van der Waals surface area contributed by atoms with Crippen molar-refractivity contribution in [2.75, 3.05) is 12.4 Å². The number of ether oxygens (including phenoxy) is 1. The Bertz CT molecular complexity index is 630. The Kier molecular flexibility index (Phi) is 5.56. The molecule has 1 aromatic carbocycles. The zero-order chi connectivity index (χ0) is 17.8. The van der Waals surface area contributed by atoms with E-state index in [0.29, 0.717) is 0 Å². The molecule has 124 valence electrons. The van der Waals surface area contributed by atoms with E-state index in [1.165, 1.54) is 24.3 Å². The van der Waals surface area contributed by atoms with Crippen LogP contribution < -0.4 is 5.32 Å². The predicted molar refractivity (Wildman–Crippen MR) is 81.7 cm³/mol. The number of nitrogens with one attached hydrogen (secondary N) is 1. The molecule has 0 saturated heterocycles. The number of esters is 1. The number of anilines is 1. The van der Waals surface area contributed by atoms with Gasteiger partial charge in [0.1, 0.15) is 0 Å². The number of nitro groups is 1. The van der Waals surface area contributed by atoms with Crippen LogP contribution in [0, 0.1) is 21.4 Å². The summed E-state index contributed by atoms with van der Waals surface area (Å²) in [5.74, 6) is -3.98. The summed E-state index contributed by atoms with van der Waals surface area (Å²) in [5.41, 5.74) is -0.819. The minimum Gasteiger partial charge on any atom is -0.468 e. The van der Waals surface area contributed by atoms with Gasteiger partial charge >= 0.3 is 5.97 Å². The third-order valence-electron chi connectivity index (χ3n) is 3.05. The van der Waals surface area contributed by atoms with E-state index >= 15 is 0 Å². The predicted octanol–water partition coefficient (Wildman–Crippen LogP) is 1.94. The molecule has 8 nitrogen and oxygen atoms in total. The standard InChI is InChI=1S/C15H18N2O6/c1-15(2,3)12(18)11(14(20)23-4)13(19)16-9-5-7-10(8-6-9)17(21)22/h5-8,11H,1-4H3,(H,16,19). The number of nitro benzene ring substituents is 1. The normalized spacial score (nSPS) is 12.2. The van der Waals surface area contributed by atoms with Gasteiger partial charge in [0.2, 0.25) is 5.91 Å². The lowest BCUT2D eigenvalue weighted by Crippen LogP contribution is -2.42. The van der Waals surface area contributed by atoms with E-state index in [1.807, 2.05) is 0 Å². The number of benzene rings is 1. The first-order valence-electron chi connectivity index (χ1n) is 6.75. The maximum atomic E-state index is 12.3. The molecule has 1 aromatic rings. The van der Waals surface area contributed by atoms with Crippen molar-refractivity contribution in [1.29, 1.82) is 0 Å². The highest BCUT2D eigenvalue weighted by Crippen LogP contribution is 2.23. The largest absolute Gasteiger partial charge is 0.468 e. The Morgan fingerprint density at radius 2 is 1.70 bits per heavy atom. The van der Waals surface area contributed by atoms with Gasteiger partial charge in [0.25, 0.3) is 5.69 Å². The fourth-order valence-electron chi connectivity index (χ4n) is 1.76. The Morgan fingerprint density at radius 1 is 1.17 bits per heavy atom. The molecule has 1 rings (SSSR count). The lowest BCUT2D eigenvalue weighted by atomic mass is 9.82. The average molecular weight is 322 g/mol.